The molecule has 1 atom stereocenters. The fourth-order valence-corrected chi connectivity index (χ4v) is 1.76. The van der Waals surface area contributed by atoms with Gasteiger partial charge < -0.3 is 9.58 Å². The summed E-state index contributed by atoms with van der Waals surface area (Å²) in [7, 11) is 0. The topological polar surface area (TPSA) is 44.3 Å². The Morgan fingerprint density at radius 2 is 2.05 bits per heavy atom. The first-order chi connectivity index (χ1) is 9.69. The summed E-state index contributed by atoms with van der Waals surface area (Å²) < 4.78 is 7.32. The minimum atomic E-state index is -0.0698. The molecule has 5 heteroatoms. The maximum atomic E-state index is 7.18. The molecule has 0 aliphatic rings. The smallest absolute Gasteiger partial charge is 0.245 e. The molecule has 0 spiro atoms. The molecule has 5 nitrogen and oxygen atoms in total. The van der Waals surface area contributed by atoms with E-state index in [4.69, 9.17) is 11.3 Å². The first-order valence-electron chi connectivity index (χ1n) is 6.62. The van der Waals surface area contributed by atoms with Gasteiger partial charge in [-0.25, -0.2) is 11.3 Å². The van der Waals surface area contributed by atoms with Crippen LogP contribution in [0.4, 0.5) is 0 Å². The fraction of sp³-hybridized carbons (Fsp3) is 0.400. The first-order valence-corrected chi connectivity index (χ1v) is 6.62. The van der Waals surface area contributed by atoms with Crippen molar-refractivity contribution >= 4 is 0 Å². The van der Waals surface area contributed by atoms with E-state index < -0.39 is 0 Å². The Balaban J connectivity index is 1.91. The van der Waals surface area contributed by atoms with Crippen molar-refractivity contribution in [2.75, 3.05) is 0 Å². The summed E-state index contributed by atoms with van der Waals surface area (Å²) in [4.78, 5) is 3.62. The third kappa shape index (κ3) is 3.82. The van der Waals surface area contributed by atoms with Crippen LogP contribution in [0.3, 0.4) is 0 Å². The number of benzene rings is 1. The van der Waals surface area contributed by atoms with Gasteiger partial charge in [0.25, 0.3) is 0 Å². The van der Waals surface area contributed by atoms with Crippen LogP contribution in [0.15, 0.2) is 36.5 Å². The lowest BCUT2D eigenvalue weighted by atomic mass is 10.1. The molecule has 20 heavy (non-hydrogen) atoms. The number of para-hydroxylation sites is 1. The van der Waals surface area contributed by atoms with Gasteiger partial charge in [0.2, 0.25) is 6.04 Å². The second-order valence-electron chi connectivity index (χ2n) is 4.97. The maximum Gasteiger partial charge on any atom is 0.245 e. The van der Waals surface area contributed by atoms with Gasteiger partial charge in [-0.2, -0.15) is 0 Å². The summed E-state index contributed by atoms with van der Waals surface area (Å²) in [6.45, 7) is 12.2. The lowest BCUT2D eigenvalue weighted by Gasteiger charge is -2.07. The number of aromatic nitrogens is 3. The fourth-order valence-electron chi connectivity index (χ4n) is 1.76. The van der Waals surface area contributed by atoms with Gasteiger partial charge in [-0.15, -0.1) is 5.10 Å². The Morgan fingerprint density at radius 1 is 1.30 bits per heavy atom. The number of nitrogens with zero attached hydrogens (tertiary/aromatic N) is 4. The lowest BCUT2D eigenvalue weighted by molar-refractivity contribution is 0.301. The normalized spacial score (nSPS) is 12.1. The molecule has 1 aromatic heterocycles. The molecule has 0 N–H and O–H groups in total. The third-order valence-electron chi connectivity index (χ3n) is 3.03. The van der Waals surface area contributed by atoms with E-state index in [0.717, 1.165) is 11.4 Å². The highest BCUT2D eigenvalue weighted by molar-refractivity contribution is 5.21. The quantitative estimate of drug-likeness (QED) is 0.758. The van der Waals surface area contributed by atoms with E-state index in [-0.39, 0.29) is 6.04 Å². The van der Waals surface area contributed by atoms with Gasteiger partial charge >= 0.3 is 0 Å². The van der Waals surface area contributed by atoms with E-state index in [1.807, 2.05) is 50.4 Å². The van der Waals surface area contributed by atoms with Crippen molar-refractivity contribution in [1.82, 2.24) is 15.0 Å². The minimum Gasteiger partial charge on any atom is -0.487 e. The standard InChI is InChI=1S/C15H18N4O/c1-12(2)15(16-3)10-19-9-13(17-18-19)11-20-14-7-5-4-6-8-14/h4-9,12,15H,10-11H2,1-2H3/t15-/m1/s1. The molecule has 104 valence electrons. The van der Waals surface area contributed by atoms with Crippen LogP contribution in [-0.2, 0) is 13.2 Å². The highest BCUT2D eigenvalue weighted by Gasteiger charge is 2.19. The van der Waals surface area contributed by atoms with Crippen molar-refractivity contribution in [2.45, 2.75) is 33.0 Å². The van der Waals surface area contributed by atoms with Crippen molar-refractivity contribution in [3.8, 4) is 5.75 Å². The average Bonchev–Trinajstić information content (AvgIpc) is 2.91. The Hall–Kier alpha value is -2.35. The number of rotatable bonds is 6. The Kier molecular flexibility index (Phi) is 4.72. The zero-order valence-electron chi connectivity index (χ0n) is 11.7. The Bertz CT molecular complexity index is 571. The van der Waals surface area contributed by atoms with Gasteiger partial charge in [0.15, 0.2) is 0 Å². The summed E-state index contributed by atoms with van der Waals surface area (Å²) in [6.07, 6.45) is 1.84. The van der Waals surface area contributed by atoms with E-state index >= 15 is 0 Å². The molecular formula is C15H18N4O. The van der Waals surface area contributed by atoms with Gasteiger partial charge in [-0.3, -0.25) is 0 Å². The van der Waals surface area contributed by atoms with Crippen molar-refractivity contribution in [2.24, 2.45) is 5.92 Å². The molecule has 0 saturated carbocycles. The van der Waals surface area contributed by atoms with Crippen LogP contribution in [-0.4, -0.2) is 21.0 Å². The lowest BCUT2D eigenvalue weighted by Crippen LogP contribution is -2.19. The van der Waals surface area contributed by atoms with E-state index in [2.05, 4.69) is 15.2 Å². The summed E-state index contributed by atoms with van der Waals surface area (Å²) >= 11 is 0. The van der Waals surface area contributed by atoms with Crippen LogP contribution >= 0.6 is 0 Å². The molecular weight excluding hydrogens is 252 g/mol. The van der Waals surface area contributed by atoms with Crippen LogP contribution in [0.25, 0.3) is 4.85 Å². The van der Waals surface area contributed by atoms with Gasteiger partial charge in [0, 0.05) is 5.92 Å². The average molecular weight is 270 g/mol. The van der Waals surface area contributed by atoms with E-state index in [1.165, 1.54) is 0 Å². The van der Waals surface area contributed by atoms with Crippen molar-refractivity contribution in [3.05, 3.63) is 53.6 Å². The predicted molar refractivity (Wildman–Crippen MR) is 76.0 cm³/mol. The van der Waals surface area contributed by atoms with Crippen molar-refractivity contribution in [1.29, 1.82) is 0 Å². The zero-order valence-corrected chi connectivity index (χ0v) is 11.7. The first kappa shape index (κ1) is 14.1. The molecule has 0 aliphatic heterocycles. The molecule has 0 unspecified atom stereocenters. The monoisotopic (exact) mass is 270 g/mol. The second-order valence-corrected chi connectivity index (χ2v) is 4.97. The minimum absolute atomic E-state index is 0.0698. The number of hydrogen-bond acceptors (Lipinski definition) is 3. The van der Waals surface area contributed by atoms with Gasteiger partial charge in [0.05, 0.1) is 6.20 Å². The molecule has 0 fully saturated rings. The van der Waals surface area contributed by atoms with Gasteiger partial charge in [-0.05, 0) is 12.1 Å². The SMILES string of the molecule is [C-]#[N+][C@H](Cn1cc(COc2ccccc2)nn1)C(C)C. The Morgan fingerprint density at radius 3 is 2.70 bits per heavy atom. The summed E-state index contributed by atoms with van der Waals surface area (Å²) in [5.41, 5.74) is 0.765. The molecule has 0 aliphatic carbocycles. The largest absolute Gasteiger partial charge is 0.487 e. The maximum absolute atomic E-state index is 7.18. The van der Waals surface area contributed by atoms with Crippen LogP contribution in [0, 0.1) is 12.5 Å². The van der Waals surface area contributed by atoms with Crippen LogP contribution in [0.2, 0.25) is 0 Å². The van der Waals surface area contributed by atoms with Crippen LogP contribution in [0.5, 0.6) is 5.75 Å². The van der Waals surface area contributed by atoms with Crippen molar-refractivity contribution in [3.63, 3.8) is 0 Å². The molecule has 0 radical (unpaired) electrons. The van der Waals surface area contributed by atoms with Crippen LogP contribution < -0.4 is 4.74 Å². The Labute approximate surface area is 119 Å². The molecule has 1 aromatic carbocycles. The molecule has 2 rings (SSSR count). The number of ether oxygens (including phenoxy) is 1. The summed E-state index contributed by atoms with van der Waals surface area (Å²) in [6, 6.07) is 9.53. The highest BCUT2D eigenvalue weighted by atomic mass is 16.5. The van der Waals surface area contributed by atoms with E-state index in [0.29, 0.717) is 19.1 Å². The second kappa shape index (κ2) is 6.71. The molecule has 0 bridgehead atoms. The molecule has 1 heterocycles. The van der Waals surface area contributed by atoms with Gasteiger partial charge in [-0.1, -0.05) is 37.3 Å². The number of hydrogen-bond donors (Lipinski definition) is 0. The van der Waals surface area contributed by atoms with E-state index in [1.54, 1.807) is 4.68 Å². The molecule has 2 aromatic rings. The molecule has 0 saturated heterocycles. The van der Waals surface area contributed by atoms with Crippen molar-refractivity contribution < 1.29 is 4.74 Å². The predicted octanol–water partition coefficient (Wildman–Crippen LogP) is 2.80. The highest BCUT2D eigenvalue weighted by Crippen LogP contribution is 2.11. The van der Waals surface area contributed by atoms with Crippen LogP contribution in [0.1, 0.15) is 19.5 Å². The summed E-state index contributed by atoms with van der Waals surface area (Å²) in [5, 5.41) is 8.10. The van der Waals surface area contributed by atoms with Gasteiger partial charge in [0.1, 0.15) is 24.6 Å². The van der Waals surface area contributed by atoms with E-state index in [9.17, 15) is 0 Å². The summed E-state index contributed by atoms with van der Waals surface area (Å²) in [5.74, 6) is 1.11. The third-order valence-corrected chi connectivity index (χ3v) is 3.03. The zero-order chi connectivity index (χ0) is 14.4. The molecule has 0 amide bonds.